The van der Waals surface area contributed by atoms with Crippen molar-refractivity contribution in [3.05, 3.63) is 46.2 Å². The van der Waals surface area contributed by atoms with Crippen LogP contribution in [0, 0.1) is 5.82 Å². The lowest BCUT2D eigenvalue weighted by Gasteiger charge is -2.04. The van der Waals surface area contributed by atoms with Crippen molar-refractivity contribution < 1.29 is 9.13 Å². The Balaban J connectivity index is 1.95. The van der Waals surface area contributed by atoms with Crippen molar-refractivity contribution in [3.63, 3.8) is 0 Å². The number of benzene rings is 1. The molecule has 2 aromatic rings. The van der Waals surface area contributed by atoms with Gasteiger partial charge in [0.15, 0.2) is 11.6 Å². The fraction of sp³-hybridized carbons (Fsp3) is 0.250. The molecule has 0 saturated heterocycles. The van der Waals surface area contributed by atoms with E-state index >= 15 is 0 Å². The maximum Gasteiger partial charge on any atom is 0.165 e. The molecule has 0 amide bonds. The number of aromatic nitrogens is 1. The molecule has 0 spiro atoms. The lowest BCUT2D eigenvalue weighted by atomic mass is 10.3. The summed E-state index contributed by atoms with van der Waals surface area (Å²) in [4.78, 5) is 4.35. The number of hydrogen-bond acceptors (Lipinski definition) is 4. The van der Waals surface area contributed by atoms with Crippen LogP contribution in [-0.2, 0) is 13.2 Å². The van der Waals surface area contributed by atoms with Crippen molar-refractivity contribution >= 4 is 11.3 Å². The summed E-state index contributed by atoms with van der Waals surface area (Å²) in [5, 5.41) is 5.84. The van der Waals surface area contributed by atoms with Gasteiger partial charge in [0.25, 0.3) is 0 Å². The minimum Gasteiger partial charge on any atom is -0.483 e. The van der Waals surface area contributed by atoms with Gasteiger partial charge in [-0.25, -0.2) is 9.37 Å². The second-order valence-corrected chi connectivity index (χ2v) is 4.42. The van der Waals surface area contributed by atoms with Crippen LogP contribution in [0.5, 0.6) is 5.75 Å². The summed E-state index contributed by atoms with van der Waals surface area (Å²) in [6.45, 7) is 1.03. The molecule has 0 aliphatic heterocycles. The van der Waals surface area contributed by atoms with Gasteiger partial charge in [0, 0.05) is 11.9 Å². The van der Waals surface area contributed by atoms with E-state index in [9.17, 15) is 4.39 Å². The molecule has 0 bridgehead atoms. The zero-order valence-electron chi connectivity index (χ0n) is 9.44. The first-order valence-corrected chi connectivity index (χ1v) is 6.13. The van der Waals surface area contributed by atoms with E-state index in [2.05, 4.69) is 10.3 Å². The highest BCUT2D eigenvalue weighted by atomic mass is 32.1. The third-order valence-corrected chi connectivity index (χ3v) is 3.02. The monoisotopic (exact) mass is 252 g/mol. The predicted molar refractivity (Wildman–Crippen MR) is 65.6 cm³/mol. The van der Waals surface area contributed by atoms with Crippen LogP contribution in [0.2, 0.25) is 0 Å². The van der Waals surface area contributed by atoms with Crippen molar-refractivity contribution in [1.29, 1.82) is 0 Å². The van der Waals surface area contributed by atoms with Gasteiger partial charge in [-0.15, -0.1) is 11.3 Å². The second-order valence-electron chi connectivity index (χ2n) is 3.48. The van der Waals surface area contributed by atoms with E-state index in [4.69, 9.17) is 4.74 Å². The molecule has 0 radical (unpaired) electrons. The van der Waals surface area contributed by atoms with Gasteiger partial charge in [-0.05, 0) is 19.2 Å². The number of hydrogen-bond donors (Lipinski definition) is 1. The van der Waals surface area contributed by atoms with Crippen LogP contribution in [0.4, 0.5) is 4.39 Å². The molecule has 3 nitrogen and oxygen atoms in total. The predicted octanol–water partition coefficient (Wildman–Crippen LogP) is 2.58. The fourth-order valence-corrected chi connectivity index (χ4v) is 2.08. The van der Waals surface area contributed by atoms with E-state index in [0.29, 0.717) is 6.61 Å². The molecule has 5 heteroatoms. The van der Waals surface area contributed by atoms with Crippen LogP contribution in [0.3, 0.4) is 0 Å². The smallest absolute Gasteiger partial charge is 0.165 e. The van der Waals surface area contributed by atoms with Crippen LogP contribution in [0.25, 0.3) is 0 Å². The van der Waals surface area contributed by atoms with E-state index < -0.39 is 0 Å². The number of ether oxygens (including phenoxy) is 1. The molecule has 0 atom stereocenters. The number of thiazole rings is 1. The Morgan fingerprint density at radius 3 is 3.00 bits per heavy atom. The van der Waals surface area contributed by atoms with Gasteiger partial charge in [0.2, 0.25) is 0 Å². The molecule has 90 valence electrons. The molecule has 1 heterocycles. The maximum atomic E-state index is 13.3. The van der Waals surface area contributed by atoms with E-state index in [1.165, 1.54) is 17.4 Å². The van der Waals surface area contributed by atoms with Gasteiger partial charge in [0.05, 0.1) is 5.69 Å². The van der Waals surface area contributed by atoms with Crippen molar-refractivity contribution in [1.82, 2.24) is 10.3 Å². The molecular weight excluding hydrogens is 239 g/mol. The summed E-state index contributed by atoms with van der Waals surface area (Å²) in [6.07, 6.45) is 0. The lowest BCUT2D eigenvalue weighted by Crippen LogP contribution is -2.05. The normalized spacial score (nSPS) is 10.5. The molecular formula is C12H13FN2OS. The first-order valence-electron chi connectivity index (χ1n) is 5.25. The van der Waals surface area contributed by atoms with Crippen LogP contribution < -0.4 is 10.1 Å². The maximum absolute atomic E-state index is 13.3. The average molecular weight is 252 g/mol. The lowest BCUT2D eigenvalue weighted by molar-refractivity contribution is 0.289. The van der Waals surface area contributed by atoms with Crippen LogP contribution in [0.15, 0.2) is 29.6 Å². The van der Waals surface area contributed by atoms with E-state index in [0.717, 1.165) is 17.2 Å². The van der Waals surface area contributed by atoms with Gasteiger partial charge in [-0.1, -0.05) is 12.1 Å². The Bertz CT molecular complexity index is 487. The summed E-state index contributed by atoms with van der Waals surface area (Å²) in [5.74, 6) is -0.0858. The quantitative estimate of drug-likeness (QED) is 0.888. The van der Waals surface area contributed by atoms with Crippen molar-refractivity contribution in [2.45, 2.75) is 13.2 Å². The molecule has 0 aliphatic rings. The summed E-state index contributed by atoms with van der Waals surface area (Å²) < 4.78 is 18.6. The van der Waals surface area contributed by atoms with Gasteiger partial charge in [-0.3, -0.25) is 0 Å². The van der Waals surface area contributed by atoms with Crippen molar-refractivity contribution in [2.24, 2.45) is 0 Å². The summed E-state index contributed by atoms with van der Waals surface area (Å²) >= 11 is 1.52. The Morgan fingerprint density at radius 2 is 2.24 bits per heavy atom. The standard InChI is InChI=1S/C12H13FN2OS/c1-14-6-9-8-17-12(15-9)7-16-11-5-3-2-4-10(11)13/h2-5,8,14H,6-7H2,1H3. The first kappa shape index (κ1) is 12.0. The molecule has 2 rings (SSSR count). The number of nitrogens with zero attached hydrogens (tertiary/aromatic N) is 1. The van der Waals surface area contributed by atoms with Crippen LogP contribution in [0.1, 0.15) is 10.7 Å². The van der Waals surface area contributed by atoms with Crippen molar-refractivity contribution in [2.75, 3.05) is 7.05 Å². The third-order valence-electron chi connectivity index (χ3n) is 2.15. The average Bonchev–Trinajstić information content (AvgIpc) is 2.76. The molecule has 0 unspecified atom stereocenters. The van der Waals surface area contributed by atoms with Gasteiger partial charge < -0.3 is 10.1 Å². The number of nitrogens with one attached hydrogen (secondary N) is 1. The summed E-state index contributed by atoms with van der Waals surface area (Å²) in [6, 6.07) is 6.37. The fourth-order valence-electron chi connectivity index (χ4n) is 1.38. The molecule has 1 aromatic carbocycles. The second kappa shape index (κ2) is 5.75. The molecule has 17 heavy (non-hydrogen) atoms. The summed E-state index contributed by atoms with van der Waals surface area (Å²) in [7, 11) is 1.87. The molecule has 1 N–H and O–H groups in total. The Labute approximate surface area is 103 Å². The van der Waals surface area contributed by atoms with Crippen LogP contribution >= 0.6 is 11.3 Å². The Kier molecular flexibility index (Phi) is 4.06. The third kappa shape index (κ3) is 3.25. The van der Waals surface area contributed by atoms with E-state index in [-0.39, 0.29) is 11.6 Å². The Hall–Kier alpha value is -1.46. The Morgan fingerprint density at radius 1 is 1.41 bits per heavy atom. The summed E-state index contributed by atoms with van der Waals surface area (Å²) in [5.41, 5.74) is 0.977. The van der Waals surface area contributed by atoms with Gasteiger partial charge >= 0.3 is 0 Å². The number of halogens is 1. The van der Waals surface area contributed by atoms with Gasteiger partial charge in [-0.2, -0.15) is 0 Å². The van der Waals surface area contributed by atoms with Crippen LogP contribution in [-0.4, -0.2) is 12.0 Å². The van der Waals surface area contributed by atoms with E-state index in [1.54, 1.807) is 18.2 Å². The molecule has 1 aromatic heterocycles. The highest BCUT2D eigenvalue weighted by Crippen LogP contribution is 2.18. The largest absolute Gasteiger partial charge is 0.483 e. The zero-order chi connectivity index (χ0) is 12.1. The number of para-hydroxylation sites is 1. The minimum atomic E-state index is -0.348. The molecule has 0 saturated carbocycles. The molecule has 0 aliphatic carbocycles. The number of rotatable bonds is 5. The first-order chi connectivity index (χ1) is 8.29. The SMILES string of the molecule is CNCc1csc(COc2ccccc2F)n1. The topological polar surface area (TPSA) is 34.1 Å². The molecule has 0 fully saturated rings. The highest BCUT2D eigenvalue weighted by molar-refractivity contribution is 7.09. The van der Waals surface area contributed by atoms with Crippen molar-refractivity contribution in [3.8, 4) is 5.75 Å². The van der Waals surface area contributed by atoms with Gasteiger partial charge in [0.1, 0.15) is 11.6 Å². The zero-order valence-corrected chi connectivity index (χ0v) is 10.3. The highest BCUT2D eigenvalue weighted by Gasteiger charge is 2.05. The van der Waals surface area contributed by atoms with E-state index in [1.807, 2.05) is 12.4 Å². The minimum absolute atomic E-state index is 0.262.